The van der Waals surface area contributed by atoms with Crippen molar-refractivity contribution in [1.82, 2.24) is 9.97 Å². The molecule has 3 heterocycles. The van der Waals surface area contributed by atoms with Crippen molar-refractivity contribution in [3.8, 4) is 0 Å². The first-order chi connectivity index (χ1) is 12.5. The lowest BCUT2D eigenvalue weighted by atomic mass is 10.1. The van der Waals surface area contributed by atoms with Gasteiger partial charge in [-0.2, -0.15) is 0 Å². The van der Waals surface area contributed by atoms with E-state index in [-0.39, 0.29) is 24.0 Å². The van der Waals surface area contributed by atoms with Crippen molar-refractivity contribution in [2.45, 2.75) is 32.5 Å². The lowest BCUT2D eigenvalue weighted by molar-refractivity contribution is -0.121. The molecule has 3 unspecified atom stereocenters. The van der Waals surface area contributed by atoms with Gasteiger partial charge in [-0.3, -0.25) is 4.79 Å². The predicted octanol–water partition coefficient (Wildman–Crippen LogP) is 1.56. The number of primary amides is 1. The number of para-hydroxylation sites is 2. The summed E-state index contributed by atoms with van der Waals surface area (Å²) < 4.78 is 5.87. The zero-order valence-corrected chi connectivity index (χ0v) is 15.3. The van der Waals surface area contributed by atoms with Gasteiger partial charge in [-0.05, 0) is 32.4 Å². The van der Waals surface area contributed by atoms with E-state index in [0.717, 1.165) is 48.7 Å². The molecule has 1 amide bonds. The minimum absolute atomic E-state index is 0.126. The first kappa shape index (κ1) is 17.0. The van der Waals surface area contributed by atoms with Crippen molar-refractivity contribution in [3.63, 3.8) is 0 Å². The maximum Gasteiger partial charge on any atom is 0.222 e. The lowest BCUT2D eigenvalue weighted by Gasteiger charge is -2.37. The van der Waals surface area contributed by atoms with Crippen LogP contribution in [0, 0.1) is 5.92 Å². The second kappa shape index (κ2) is 6.72. The third kappa shape index (κ3) is 3.19. The Morgan fingerprint density at radius 3 is 2.15 bits per heavy atom. The number of hydrogen-bond donors (Lipinski definition) is 1. The minimum Gasteiger partial charge on any atom is -0.372 e. The molecule has 4 rings (SSSR count). The highest BCUT2D eigenvalue weighted by atomic mass is 16.5. The molecular weight excluding hydrogens is 330 g/mol. The average Bonchev–Trinajstić information content (AvgIpc) is 3.10. The number of amides is 1. The van der Waals surface area contributed by atoms with Crippen molar-refractivity contribution in [2.75, 3.05) is 36.0 Å². The summed E-state index contributed by atoms with van der Waals surface area (Å²) in [4.78, 5) is 25.8. The number of nitrogens with two attached hydrogens (primary N) is 1. The van der Waals surface area contributed by atoms with Gasteiger partial charge >= 0.3 is 0 Å². The molecule has 2 fully saturated rings. The van der Waals surface area contributed by atoms with E-state index in [2.05, 4.69) is 23.6 Å². The summed E-state index contributed by atoms with van der Waals surface area (Å²) in [6, 6.07) is 7.90. The van der Waals surface area contributed by atoms with Crippen molar-refractivity contribution < 1.29 is 9.53 Å². The van der Waals surface area contributed by atoms with Crippen molar-refractivity contribution in [2.24, 2.45) is 11.7 Å². The predicted molar refractivity (Wildman–Crippen MR) is 101 cm³/mol. The van der Waals surface area contributed by atoms with Gasteiger partial charge in [-0.25, -0.2) is 9.97 Å². The molecule has 7 heteroatoms. The normalized spacial score (nSPS) is 26.5. The van der Waals surface area contributed by atoms with E-state index in [0.29, 0.717) is 6.54 Å². The van der Waals surface area contributed by atoms with E-state index in [1.807, 2.05) is 24.3 Å². The van der Waals surface area contributed by atoms with Crippen LogP contribution in [0.15, 0.2) is 24.3 Å². The number of anilines is 2. The standard InChI is InChI=1S/C19H25N5O2/c1-12-9-24(10-13(2)26-12)19-18(23-8-7-14(11-23)17(20)25)21-15-5-3-4-6-16(15)22-19/h3-6,12-14H,7-11H2,1-2H3,(H2,20,25). The molecule has 2 aliphatic rings. The third-order valence-electron chi connectivity index (χ3n) is 5.14. The Morgan fingerprint density at radius 2 is 1.62 bits per heavy atom. The van der Waals surface area contributed by atoms with Gasteiger partial charge in [0.15, 0.2) is 11.6 Å². The number of hydrogen-bond acceptors (Lipinski definition) is 6. The van der Waals surface area contributed by atoms with Gasteiger partial charge in [0.2, 0.25) is 5.91 Å². The van der Waals surface area contributed by atoms with Crippen LogP contribution in [0.25, 0.3) is 11.0 Å². The summed E-state index contributed by atoms with van der Waals surface area (Å²) >= 11 is 0. The Hall–Kier alpha value is -2.41. The molecule has 2 aliphatic heterocycles. The third-order valence-corrected chi connectivity index (χ3v) is 5.14. The van der Waals surface area contributed by atoms with Gasteiger partial charge in [-0.15, -0.1) is 0 Å². The summed E-state index contributed by atoms with van der Waals surface area (Å²) in [5.74, 6) is 1.35. The average molecular weight is 355 g/mol. The number of fused-ring (bicyclic) bond motifs is 1. The number of aromatic nitrogens is 2. The van der Waals surface area contributed by atoms with Crippen LogP contribution >= 0.6 is 0 Å². The van der Waals surface area contributed by atoms with Crippen LogP contribution in [0.1, 0.15) is 20.3 Å². The molecule has 3 atom stereocenters. The van der Waals surface area contributed by atoms with Gasteiger partial charge < -0.3 is 20.3 Å². The number of benzene rings is 1. The fraction of sp³-hybridized carbons (Fsp3) is 0.526. The highest BCUT2D eigenvalue weighted by Gasteiger charge is 2.32. The maximum absolute atomic E-state index is 11.6. The number of morpholine rings is 1. The smallest absolute Gasteiger partial charge is 0.222 e. The van der Waals surface area contributed by atoms with Gasteiger partial charge in [0.25, 0.3) is 0 Å². The number of nitrogens with zero attached hydrogens (tertiary/aromatic N) is 4. The minimum atomic E-state index is -0.239. The molecule has 7 nitrogen and oxygen atoms in total. The summed E-state index contributed by atoms with van der Waals surface area (Å²) in [6.07, 6.45) is 1.03. The second-order valence-electron chi connectivity index (χ2n) is 7.36. The summed E-state index contributed by atoms with van der Waals surface area (Å²) in [6.45, 7) is 7.08. The highest BCUT2D eigenvalue weighted by molar-refractivity contribution is 5.82. The zero-order valence-electron chi connectivity index (χ0n) is 15.3. The van der Waals surface area contributed by atoms with Gasteiger partial charge in [0.1, 0.15) is 0 Å². The van der Waals surface area contributed by atoms with Crippen molar-refractivity contribution in [1.29, 1.82) is 0 Å². The van der Waals surface area contributed by atoms with Crippen LogP contribution in [0.2, 0.25) is 0 Å². The summed E-state index contributed by atoms with van der Waals surface area (Å²) in [5, 5.41) is 0. The number of carbonyl (C=O) groups excluding carboxylic acids is 1. The van der Waals surface area contributed by atoms with Gasteiger partial charge in [0, 0.05) is 26.2 Å². The molecule has 2 N–H and O–H groups in total. The first-order valence-corrected chi connectivity index (χ1v) is 9.22. The van der Waals surface area contributed by atoms with Crippen LogP contribution in [-0.4, -0.2) is 54.3 Å². The molecular formula is C19H25N5O2. The molecule has 1 aromatic carbocycles. The number of carbonyl (C=O) groups is 1. The van der Waals surface area contributed by atoms with Crippen LogP contribution < -0.4 is 15.5 Å². The Kier molecular flexibility index (Phi) is 4.40. The number of rotatable bonds is 3. The molecule has 1 aromatic heterocycles. The van der Waals surface area contributed by atoms with Crippen LogP contribution in [-0.2, 0) is 9.53 Å². The second-order valence-corrected chi connectivity index (χ2v) is 7.36. The lowest BCUT2D eigenvalue weighted by Crippen LogP contribution is -2.46. The molecule has 138 valence electrons. The van der Waals surface area contributed by atoms with E-state index in [1.165, 1.54) is 0 Å². The molecule has 26 heavy (non-hydrogen) atoms. The Bertz CT molecular complexity index is 817. The topological polar surface area (TPSA) is 84.6 Å². The number of ether oxygens (including phenoxy) is 1. The van der Waals surface area contributed by atoms with E-state index < -0.39 is 0 Å². The largest absolute Gasteiger partial charge is 0.372 e. The summed E-state index contributed by atoms with van der Waals surface area (Å²) in [5.41, 5.74) is 7.26. The first-order valence-electron chi connectivity index (χ1n) is 9.22. The van der Waals surface area contributed by atoms with E-state index in [1.54, 1.807) is 0 Å². The summed E-state index contributed by atoms with van der Waals surface area (Å²) in [7, 11) is 0. The zero-order chi connectivity index (χ0) is 18.3. The Labute approximate surface area is 153 Å². The van der Waals surface area contributed by atoms with Crippen LogP contribution in [0.5, 0.6) is 0 Å². The van der Waals surface area contributed by atoms with Crippen LogP contribution in [0.4, 0.5) is 11.6 Å². The monoisotopic (exact) mass is 355 g/mol. The molecule has 2 saturated heterocycles. The fourth-order valence-corrected chi connectivity index (χ4v) is 3.94. The van der Waals surface area contributed by atoms with E-state index >= 15 is 0 Å². The Balaban J connectivity index is 1.76. The van der Waals surface area contributed by atoms with Gasteiger partial charge in [-0.1, -0.05) is 12.1 Å². The van der Waals surface area contributed by atoms with Crippen LogP contribution in [0.3, 0.4) is 0 Å². The quantitative estimate of drug-likeness (QED) is 0.899. The molecule has 0 aliphatic carbocycles. The Morgan fingerprint density at radius 1 is 1.04 bits per heavy atom. The van der Waals surface area contributed by atoms with E-state index in [4.69, 9.17) is 20.4 Å². The molecule has 0 spiro atoms. The molecule has 2 aromatic rings. The molecule has 0 bridgehead atoms. The molecule has 0 saturated carbocycles. The molecule has 0 radical (unpaired) electrons. The fourth-order valence-electron chi connectivity index (χ4n) is 3.94. The highest BCUT2D eigenvalue weighted by Crippen LogP contribution is 2.33. The van der Waals surface area contributed by atoms with E-state index in [9.17, 15) is 4.79 Å². The maximum atomic E-state index is 11.6. The van der Waals surface area contributed by atoms with Gasteiger partial charge in [0.05, 0.1) is 29.2 Å². The van der Waals surface area contributed by atoms with Crippen molar-refractivity contribution >= 4 is 28.6 Å². The van der Waals surface area contributed by atoms with Crippen molar-refractivity contribution in [3.05, 3.63) is 24.3 Å². The SMILES string of the molecule is CC1CN(c2nc3ccccc3nc2N2CCC(C(N)=O)C2)CC(C)O1.